The maximum atomic E-state index is 11.7. The van der Waals surface area contributed by atoms with E-state index in [2.05, 4.69) is 16.0 Å². The summed E-state index contributed by atoms with van der Waals surface area (Å²) < 4.78 is 20.9. The van der Waals surface area contributed by atoms with Crippen LogP contribution in [0.1, 0.15) is 33.6 Å². The molecule has 13 heteroatoms. The van der Waals surface area contributed by atoms with Crippen LogP contribution < -0.4 is 16.0 Å². The Morgan fingerprint density at radius 1 is 0.743 bits per heavy atom. The van der Waals surface area contributed by atoms with Gasteiger partial charge in [0.25, 0.3) is 0 Å². The highest BCUT2D eigenvalue weighted by Gasteiger charge is 2.19. The van der Waals surface area contributed by atoms with Crippen LogP contribution in [0.5, 0.6) is 0 Å². The SMILES string of the molecule is CC(=O)N[C@@H](CCC(=O)NCCOCCOCC(=O)NCCOCCOCC(=O)C(C)C)C(=O)O. The van der Waals surface area contributed by atoms with Crippen molar-refractivity contribution < 1.29 is 48.0 Å². The van der Waals surface area contributed by atoms with Crippen molar-refractivity contribution >= 4 is 29.5 Å². The third kappa shape index (κ3) is 20.5. The molecular formula is C22H39N3O10. The molecule has 3 amide bonds. The van der Waals surface area contributed by atoms with Gasteiger partial charge in [-0.1, -0.05) is 13.8 Å². The van der Waals surface area contributed by atoms with Gasteiger partial charge in [0, 0.05) is 32.4 Å². The predicted molar refractivity (Wildman–Crippen MR) is 124 cm³/mol. The number of hydrogen-bond acceptors (Lipinski definition) is 9. The second kappa shape index (κ2) is 20.7. The first-order valence-electron chi connectivity index (χ1n) is 11.5. The highest BCUT2D eigenvalue weighted by atomic mass is 16.5. The molecule has 0 aromatic rings. The molecule has 0 rings (SSSR count). The lowest BCUT2D eigenvalue weighted by atomic mass is 10.1. The van der Waals surface area contributed by atoms with Crippen LogP contribution in [0.15, 0.2) is 0 Å². The smallest absolute Gasteiger partial charge is 0.326 e. The summed E-state index contributed by atoms with van der Waals surface area (Å²) in [6, 6.07) is -1.11. The molecule has 0 saturated carbocycles. The third-order valence-electron chi connectivity index (χ3n) is 4.34. The van der Waals surface area contributed by atoms with Crippen LogP contribution in [0.3, 0.4) is 0 Å². The number of Topliss-reactive ketones (excluding diaryl/α,β-unsaturated/α-hetero) is 1. The molecule has 0 spiro atoms. The Labute approximate surface area is 205 Å². The number of amides is 3. The summed E-state index contributed by atoms with van der Waals surface area (Å²) >= 11 is 0. The van der Waals surface area contributed by atoms with Crippen molar-refractivity contribution in [2.24, 2.45) is 5.92 Å². The van der Waals surface area contributed by atoms with E-state index in [-0.39, 0.29) is 75.9 Å². The van der Waals surface area contributed by atoms with Crippen molar-refractivity contribution in [2.75, 3.05) is 65.9 Å². The van der Waals surface area contributed by atoms with Crippen LogP contribution in [0, 0.1) is 5.92 Å². The van der Waals surface area contributed by atoms with Crippen LogP contribution in [-0.4, -0.2) is 107 Å². The number of carboxylic acids is 1. The van der Waals surface area contributed by atoms with E-state index in [1.807, 2.05) is 13.8 Å². The van der Waals surface area contributed by atoms with E-state index >= 15 is 0 Å². The predicted octanol–water partition coefficient (Wildman–Crippen LogP) is -1.12. The number of carbonyl (C=O) groups excluding carboxylic acids is 4. The number of nitrogens with one attached hydrogen (secondary N) is 3. The molecule has 0 aromatic heterocycles. The maximum absolute atomic E-state index is 11.7. The number of ether oxygens (including phenoxy) is 4. The molecule has 35 heavy (non-hydrogen) atoms. The average Bonchev–Trinajstić information content (AvgIpc) is 2.79. The zero-order valence-electron chi connectivity index (χ0n) is 20.8. The zero-order chi connectivity index (χ0) is 26.5. The molecule has 13 nitrogen and oxygen atoms in total. The summed E-state index contributed by atoms with van der Waals surface area (Å²) in [5.74, 6) is -2.33. The fraction of sp³-hybridized carbons (Fsp3) is 0.773. The molecule has 0 radical (unpaired) electrons. The Kier molecular flexibility index (Phi) is 19.2. The molecular weight excluding hydrogens is 466 g/mol. The Bertz CT molecular complexity index is 657. The highest BCUT2D eigenvalue weighted by molar-refractivity contribution is 5.83. The van der Waals surface area contributed by atoms with Crippen LogP contribution in [0.4, 0.5) is 0 Å². The van der Waals surface area contributed by atoms with Gasteiger partial charge in [-0.2, -0.15) is 0 Å². The quantitative estimate of drug-likeness (QED) is 0.132. The molecule has 0 bridgehead atoms. The van der Waals surface area contributed by atoms with Crippen molar-refractivity contribution in [3.05, 3.63) is 0 Å². The largest absolute Gasteiger partial charge is 0.480 e. The zero-order valence-corrected chi connectivity index (χ0v) is 20.8. The Balaban J connectivity index is 3.52. The highest BCUT2D eigenvalue weighted by Crippen LogP contribution is 1.98. The summed E-state index contributed by atoms with van der Waals surface area (Å²) in [6.07, 6.45) is -0.0632. The van der Waals surface area contributed by atoms with Crippen LogP contribution in [-0.2, 0) is 42.9 Å². The molecule has 0 aromatic carbocycles. The fourth-order valence-electron chi connectivity index (χ4n) is 2.39. The summed E-state index contributed by atoms with van der Waals surface area (Å²) in [5.41, 5.74) is 0. The first-order valence-corrected chi connectivity index (χ1v) is 11.5. The van der Waals surface area contributed by atoms with Gasteiger partial charge in [0.05, 0.1) is 39.6 Å². The van der Waals surface area contributed by atoms with E-state index in [9.17, 15) is 24.0 Å². The number of hydrogen-bond donors (Lipinski definition) is 4. The number of carboxylic acid groups (broad SMARTS) is 1. The number of rotatable bonds is 22. The molecule has 4 N–H and O–H groups in total. The normalized spacial score (nSPS) is 11.7. The number of carbonyl (C=O) groups is 5. The van der Waals surface area contributed by atoms with Gasteiger partial charge in [0.1, 0.15) is 19.3 Å². The minimum atomic E-state index is -1.20. The van der Waals surface area contributed by atoms with Crippen molar-refractivity contribution in [3.8, 4) is 0 Å². The van der Waals surface area contributed by atoms with Gasteiger partial charge < -0.3 is 40.0 Å². The van der Waals surface area contributed by atoms with Crippen LogP contribution in [0.2, 0.25) is 0 Å². The molecule has 0 fully saturated rings. The van der Waals surface area contributed by atoms with E-state index < -0.39 is 17.9 Å². The fourth-order valence-corrected chi connectivity index (χ4v) is 2.39. The Hall–Kier alpha value is -2.61. The first kappa shape index (κ1) is 32.4. The van der Waals surface area contributed by atoms with Gasteiger partial charge in [-0.05, 0) is 6.42 Å². The minimum Gasteiger partial charge on any atom is -0.480 e. The third-order valence-corrected chi connectivity index (χ3v) is 4.34. The van der Waals surface area contributed by atoms with Crippen molar-refractivity contribution in [1.29, 1.82) is 0 Å². The van der Waals surface area contributed by atoms with E-state index in [0.29, 0.717) is 26.4 Å². The van der Waals surface area contributed by atoms with Gasteiger partial charge >= 0.3 is 5.97 Å². The van der Waals surface area contributed by atoms with E-state index in [1.54, 1.807) is 0 Å². The summed E-state index contributed by atoms with van der Waals surface area (Å²) in [4.78, 5) is 56.7. The molecule has 0 unspecified atom stereocenters. The summed E-state index contributed by atoms with van der Waals surface area (Å²) in [7, 11) is 0. The summed E-state index contributed by atoms with van der Waals surface area (Å²) in [5, 5.41) is 16.5. The Morgan fingerprint density at radius 2 is 1.26 bits per heavy atom. The van der Waals surface area contributed by atoms with E-state index in [1.165, 1.54) is 6.92 Å². The lowest BCUT2D eigenvalue weighted by molar-refractivity contribution is -0.142. The number of aliphatic carboxylic acids is 1. The van der Waals surface area contributed by atoms with Gasteiger partial charge in [-0.25, -0.2) is 4.79 Å². The standard InChI is InChI=1S/C22H39N3O10/c1-16(2)19(27)14-34-12-10-33-9-7-24-21(29)15-35-13-11-32-8-6-23-20(28)5-4-18(22(30)31)25-17(3)26/h16,18H,4-15H2,1-3H3,(H,23,28)(H,24,29)(H,25,26)(H,30,31)/t18-/m0/s1. The van der Waals surface area contributed by atoms with Gasteiger partial charge in [0.2, 0.25) is 17.7 Å². The lowest BCUT2D eigenvalue weighted by Gasteiger charge is -2.13. The van der Waals surface area contributed by atoms with Gasteiger partial charge in [-0.15, -0.1) is 0 Å². The van der Waals surface area contributed by atoms with Crippen molar-refractivity contribution in [1.82, 2.24) is 16.0 Å². The second-order valence-electron chi connectivity index (χ2n) is 7.78. The minimum absolute atomic E-state index is 0.0152. The van der Waals surface area contributed by atoms with Gasteiger partial charge in [0.15, 0.2) is 5.78 Å². The van der Waals surface area contributed by atoms with E-state index in [0.717, 1.165) is 0 Å². The average molecular weight is 506 g/mol. The Morgan fingerprint density at radius 3 is 1.77 bits per heavy atom. The molecule has 0 saturated heterocycles. The van der Waals surface area contributed by atoms with Crippen molar-refractivity contribution in [2.45, 2.75) is 39.7 Å². The van der Waals surface area contributed by atoms with Crippen molar-refractivity contribution in [3.63, 3.8) is 0 Å². The summed E-state index contributed by atoms with van der Waals surface area (Å²) in [6.45, 7) is 6.93. The monoisotopic (exact) mass is 505 g/mol. The molecule has 0 aliphatic carbocycles. The molecule has 0 aliphatic heterocycles. The molecule has 0 heterocycles. The van der Waals surface area contributed by atoms with Gasteiger partial charge in [-0.3, -0.25) is 19.2 Å². The topological polar surface area (TPSA) is 179 Å². The lowest BCUT2D eigenvalue weighted by Crippen LogP contribution is -2.40. The second-order valence-corrected chi connectivity index (χ2v) is 7.78. The van der Waals surface area contributed by atoms with E-state index in [4.69, 9.17) is 24.1 Å². The first-order chi connectivity index (χ1) is 16.6. The molecule has 1 atom stereocenters. The van der Waals surface area contributed by atoms with Crippen LogP contribution >= 0.6 is 0 Å². The molecule has 202 valence electrons. The molecule has 0 aliphatic rings. The maximum Gasteiger partial charge on any atom is 0.326 e. The number of ketones is 1. The van der Waals surface area contributed by atoms with Crippen LogP contribution in [0.25, 0.3) is 0 Å².